The Morgan fingerprint density at radius 1 is 1.24 bits per heavy atom. The lowest BCUT2D eigenvalue weighted by Crippen LogP contribution is -2.13. The van der Waals surface area contributed by atoms with Gasteiger partial charge in [0.1, 0.15) is 16.7 Å². The summed E-state index contributed by atoms with van der Waals surface area (Å²) in [6.45, 7) is 0. The number of carbonyl (C=O) groups is 2. The van der Waals surface area contributed by atoms with Gasteiger partial charge < -0.3 is 14.5 Å². The first kappa shape index (κ1) is 13.4. The van der Waals surface area contributed by atoms with E-state index in [1.807, 2.05) is 18.2 Å². The zero-order chi connectivity index (χ0) is 14.8. The molecule has 2 aromatic heterocycles. The van der Waals surface area contributed by atoms with Gasteiger partial charge in [0, 0.05) is 5.39 Å². The highest BCUT2D eigenvalue weighted by Crippen LogP contribution is 2.26. The van der Waals surface area contributed by atoms with Crippen LogP contribution < -0.4 is 5.32 Å². The van der Waals surface area contributed by atoms with E-state index in [0.717, 1.165) is 5.39 Å². The van der Waals surface area contributed by atoms with Gasteiger partial charge in [-0.05, 0) is 17.5 Å². The number of nitrogens with one attached hydrogen (secondary N) is 1. The van der Waals surface area contributed by atoms with Gasteiger partial charge in [0.2, 0.25) is 0 Å². The standard InChI is InChI=1S/C15H11NO4S/c1-19-15(18)13-11(6-7-21-13)16-14(17)10-8-20-12-5-3-2-4-9(10)12/h2-8H,1H3,(H,16,17). The van der Waals surface area contributed by atoms with E-state index in [-0.39, 0.29) is 5.91 Å². The number of amides is 1. The average Bonchev–Trinajstić information content (AvgIpc) is 3.12. The lowest BCUT2D eigenvalue weighted by molar-refractivity contribution is 0.0607. The summed E-state index contributed by atoms with van der Waals surface area (Å²) < 4.78 is 10.0. The molecule has 1 N–H and O–H groups in total. The highest BCUT2D eigenvalue weighted by Gasteiger charge is 2.18. The van der Waals surface area contributed by atoms with Crippen molar-refractivity contribution in [2.75, 3.05) is 12.4 Å². The molecule has 21 heavy (non-hydrogen) atoms. The minimum absolute atomic E-state index is 0.330. The molecule has 1 amide bonds. The Morgan fingerprint density at radius 3 is 2.86 bits per heavy atom. The van der Waals surface area contributed by atoms with E-state index in [2.05, 4.69) is 10.1 Å². The third-order valence-corrected chi connectivity index (χ3v) is 3.90. The molecule has 0 saturated heterocycles. The number of furan rings is 1. The molecule has 0 atom stereocenters. The summed E-state index contributed by atoms with van der Waals surface area (Å²) >= 11 is 1.21. The zero-order valence-electron chi connectivity index (χ0n) is 11.1. The molecule has 0 aliphatic carbocycles. The smallest absolute Gasteiger partial charge is 0.350 e. The van der Waals surface area contributed by atoms with E-state index in [4.69, 9.17) is 4.42 Å². The van der Waals surface area contributed by atoms with Crippen LogP contribution in [0.5, 0.6) is 0 Å². The lowest BCUT2D eigenvalue weighted by Gasteiger charge is -2.04. The van der Waals surface area contributed by atoms with Crippen molar-refractivity contribution >= 4 is 39.9 Å². The van der Waals surface area contributed by atoms with Crippen molar-refractivity contribution in [3.8, 4) is 0 Å². The Bertz CT molecular complexity index is 818. The average molecular weight is 301 g/mol. The number of carbonyl (C=O) groups excluding carboxylic acids is 2. The van der Waals surface area contributed by atoms with Gasteiger partial charge in [0.25, 0.3) is 5.91 Å². The number of esters is 1. The normalized spacial score (nSPS) is 10.5. The molecule has 0 saturated carbocycles. The fourth-order valence-corrected chi connectivity index (χ4v) is 2.77. The van der Waals surface area contributed by atoms with E-state index in [0.29, 0.717) is 21.7 Å². The van der Waals surface area contributed by atoms with Gasteiger partial charge in [-0.15, -0.1) is 11.3 Å². The number of methoxy groups -OCH3 is 1. The molecule has 106 valence electrons. The van der Waals surface area contributed by atoms with E-state index in [1.165, 1.54) is 24.7 Å². The van der Waals surface area contributed by atoms with Crippen molar-refractivity contribution in [2.45, 2.75) is 0 Å². The predicted molar refractivity (Wildman–Crippen MR) is 79.8 cm³/mol. The maximum Gasteiger partial charge on any atom is 0.350 e. The van der Waals surface area contributed by atoms with Gasteiger partial charge in [-0.3, -0.25) is 4.79 Å². The Balaban J connectivity index is 1.90. The number of hydrogen-bond acceptors (Lipinski definition) is 5. The Kier molecular flexibility index (Phi) is 3.45. The number of para-hydroxylation sites is 1. The third kappa shape index (κ3) is 2.41. The lowest BCUT2D eigenvalue weighted by atomic mass is 10.1. The van der Waals surface area contributed by atoms with Crippen LogP contribution in [0.15, 0.2) is 46.4 Å². The molecule has 0 spiro atoms. The Morgan fingerprint density at radius 2 is 2.05 bits per heavy atom. The molecule has 6 heteroatoms. The van der Waals surface area contributed by atoms with Crippen LogP contribution in [0.4, 0.5) is 5.69 Å². The number of ether oxygens (including phenoxy) is 1. The second-order valence-corrected chi connectivity index (χ2v) is 5.17. The minimum atomic E-state index is -0.475. The third-order valence-electron chi connectivity index (χ3n) is 3.01. The molecule has 3 rings (SSSR count). The maximum atomic E-state index is 12.3. The summed E-state index contributed by atoms with van der Waals surface area (Å²) in [6.07, 6.45) is 1.41. The van der Waals surface area contributed by atoms with Gasteiger partial charge >= 0.3 is 5.97 Å². The molecule has 0 aliphatic heterocycles. The molecular formula is C15H11NO4S. The molecule has 0 unspecified atom stereocenters. The number of benzene rings is 1. The number of hydrogen-bond donors (Lipinski definition) is 1. The van der Waals surface area contributed by atoms with Crippen LogP contribution in [-0.2, 0) is 4.74 Å². The summed E-state index contributed by atoms with van der Waals surface area (Å²) in [6, 6.07) is 8.93. The van der Waals surface area contributed by atoms with Gasteiger partial charge in [0.05, 0.1) is 18.4 Å². The first-order chi connectivity index (χ1) is 10.2. The van der Waals surface area contributed by atoms with Crippen molar-refractivity contribution in [3.05, 3.63) is 52.4 Å². The SMILES string of the molecule is COC(=O)c1sccc1NC(=O)c1coc2ccccc12. The van der Waals surface area contributed by atoms with Crippen LogP contribution in [0.1, 0.15) is 20.0 Å². The van der Waals surface area contributed by atoms with Gasteiger partial charge in [-0.2, -0.15) is 0 Å². The monoisotopic (exact) mass is 301 g/mol. The fourth-order valence-electron chi connectivity index (χ4n) is 2.00. The van der Waals surface area contributed by atoms with Crippen molar-refractivity contribution in [2.24, 2.45) is 0 Å². The minimum Gasteiger partial charge on any atom is -0.465 e. The van der Waals surface area contributed by atoms with Gasteiger partial charge in [-0.25, -0.2) is 4.79 Å². The van der Waals surface area contributed by atoms with Crippen molar-refractivity contribution in [3.63, 3.8) is 0 Å². The van der Waals surface area contributed by atoms with Crippen LogP contribution in [0.2, 0.25) is 0 Å². The van der Waals surface area contributed by atoms with Crippen molar-refractivity contribution < 1.29 is 18.7 Å². The number of fused-ring (bicyclic) bond motifs is 1. The highest BCUT2D eigenvalue weighted by molar-refractivity contribution is 7.12. The number of rotatable bonds is 3. The first-order valence-electron chi connectivity index (χ1n) is 6.14. The number of anilines is 1. The quantitative estimate of drug-likeness (QED) is 0.751. The Labute approximate surface area is 124 Å². The van der Waals surface area contributed by atoms with Gasteiger partial charge in [0.15, 0.2) is 0 Å². The summed E-state index contributed by atoms with van der Waals surface area (Å²) in [4.78, 5) is 24.3. The second-order valence-electron chi connectivity index (χ2n) is 4.25. The maximum absolute atomic E-state index is 12.3. The van der Waals surface area contributed by atoms with E-state index < -0.39 is 5.97 Å². The first-order valence-corrected chi connectivity index (χ1v) is 7.02. The molecule has 0 bridgehead atoms. The van der Waals surface area contributed by atoms with Crippen molar-refractivity contribution in [1.29, 1.82) is 0 Å². The second kappa shape index (κ2) is 5.41. The predicted octanol–water partition coefficient (Wildman–Crippen LogP) is 3.53. The van der Waals surface area contributed by atoms with E-state index >= 15 is 0 Å². The summed E-state index contributed by atoms with van der Waals surface area (Å²) in [5, 5.41) is 5.16. The molecule has 3 aromatic rings. The summed E-state index contributed by atoms with van der Waals surface area (Å²) in [7, 11) is 1.30. The summed E-state index contributed by atoms with van der Waals surface area (Å²) in [5.74, 6) is -0.805. The molecule has 1 aromatic carbocycles. The largest absolute Gasteiger partial charge is 0.465 e. The van der Waals surface area contributed by atoms with Crippen LogP contribution >= 0.6 is 11.3 Å². The summed E-state index contributed by atoms with van der Waals surface area (Å²) in [5.41, 5.74) is 1.50. The van der Waals surface area contributed by atoms with E-state index in [9.17, 15) is 9.59 Å². The van der Waals surface area contributed by atoms with Gasteiger partial charge in [-0.1, -0.05) is 18.2 Å². The Hall–Kier alpha value is -2.60. The van der Waals surface area contributed by atoms with Crippen LogP contribution in [0.3, 0.4) is 0 Å². The molecule has 0 radical (unpaired) electrons. The zero-order valence-corrected chi connectivity index (χ0v) is 11.9. The molecular weight excluding hydrogens is 290 g/mol. The van der Waals surface area contributed by atoms with E-state index in [1.54, 1.807) is 17.5 Å². The van der Waals surface area contributed by atoms with Crippen LogP contribution in [-0.4, -0.2) is 19.0 Å². The fraction of sp³-hybridized carbons (Fsp3) is 0.0667. The number of thiophene rings is 1. The van der Waals surface area contributed by atoms with Crippen LogP contribution in [0.25, 0.3) is 11.0 Å². The molecule has 0 fully saturated rings. The molecule has 2 heterocycles. The van der Waals surface area contributed by atoms with Crippen molar-refractivity contribution in [1.82, 2.24) is 0 Å². The van der Waals surface area contributed by atoms with Crippen LogP contribution in [0, 0.1) is 0 Å². The molecule has 0 aliphatic rings. The molecule has 5 nitrogen and oxygen atoms in total. The topological polar surface area (TPSA) is 68.5 Å². The highest BCUT2D eigenvalue weighted by atomic mass is 32.1.